The molecule has 1 aromatic carbocycles. The standard InChI is InChI=1S/C12H11FO5/c1-2-17-12(16)9(14)10-8-5-6(13)3-4-7(8)11(15)18-10/h3-5,9-10,14H,2H2,1H3. The zero-order chi connectivity index (χ0) is 13.3. The smallest absolute Gasteiger partial charge is 0.339 e. The van der Waals surface area contributed by atoms with Gasteiger partial charge in [-0.2, -0.15) is 0 Å². The van der Waals surface area contributed by atoms with E-state index in [1.807, 2.05) is 0 Å². The van der Waals surface area contributed by atoms with E-state index in [0.717, 1.165) is 12.1 Å². The van der Waals surface area contributed by atoms with Crippen LogP contribution in [-0.4, -0.2) is 29.8 Å². The van der Waals surface area contributed by atoms with E-state index >= 15 is 0 Å². The lowest BCUT2D eigenvalue weighted by Crippen LogP contribution is -2.30. The lowest BCUT2D eigenvalue weighted by atomic mass is 10.0. The van der Waals surface area contributed by atoms with Gasteiger partial charge < -0.3 is 14.6 Å². The summed E-state index contributed by atoms with van der Waals surface area (Å²) in [5, 5.41) is 9.73. The van der Waals surface area contributed by atoms with Crippen LogP contribution in [0.15, 0.2) is 18.2 Å². The van der Waals surface area contributed by atoms with Crippen molar-refractivity contribution in [3.8, 4) is 0 Å². The highest BCUT2D eigenvalue weighted by molar-refractivity contribution is 5.95. The molecule has 2 rings (SSSR count). The van der Waals surface area contributed by atoms with Crippen LogP contribution in [0.25, 0.3) is 0 Å². The molecule has 0 radical (unpaired) electrons. The summed E-state index contributed by atoms with van der Waals surface area (Å²) in [5.41, 5.74) is 0.297. The first kappa shape index (κ1) is 12.5. The number of hydrogen-bond acceptors (Lipinski definition) is 5. The SMILES string of the molecule is CCOC(=O)C(O)C1OC(=O)c2ccc(F)cc21. The number of ether oxygens (including phenoxy) is 2. The van der Waals surface area contributed by atoms with Crippen LogP contribution in [0, 0.1) is 5.82 Å². The quantitative estimate of drug-likeness (QED) is 0.813. The number of halogens is 1. The van der Waals surface area contributed by atoms with Gasteiger partial charge in [0.05, 0.1) is 12.2 Å². The van der Waals surface area contributed by atoms with Crippen molar-refractivity contribution in [2.24, 2.45) is 0 Å². The molecule has 6 heteroatoms. The van der Waals surface area contributed by atoms with Gasteiger partial charge in [0.2, 0.25) is 0 Å². The normalized spacial score (nSPS) is 19.1. The van der Waals surface area contributed by atoms with Crippen molar-refractivity contribution in [1.29, 1.82) is 0 Å². The Morgan fingerprint density at radius 3 is 3.00 bits per heavy atom. The van der Waals surface area contributed by atoms with Gasteiger partial charge >= 0.3 is 11.9 Å². The second-order valence-electron chi connectivity index (χ2n) is 3.75. The third-order valence-corrected chi connectivity index (χ3v) is 2.59. The second kappa shape index (κ2) is 4.73. The van der Waals surface area contributed by atoms with Gasteiger partial charge in [-0.25, -0.2) is 14.0 Å². The minimum absolute atomic E-state index is 0.0898. The summed E-state index contributed by atoms with van der Waals surface area (Å²) in [6.07, 6.45) is -2.88. The lowest BCUT2D eigenvalue weighted by molar-refractivity contribution is -0.159. The fourth-order valence-electron chi connectivity index (χ4n) is 1.78. The van der Waals surface area contributed by atoms with E-state index in [4.69, 9.17) is 4.74 Å². The maximum atomic E-state index is 13.1. The van der Waals surface area contributed by atoms with Crippen LogP contribution >= 0.6 is 0 Å². The van der Waals surface area contributed by atoms with Crippen molar-refractivity contribution in [2.45, 2.75) is 19.1 Å². The van der Waals surface area contributed by atoms with Crippen LogP contribution in [0.1, 0.15) is 28.9 Å². The van der Waals surface area contributed by atoms with Gasteiger partial charge in [0.25, 0.3) is 0 Å². The molecule has 2 atom stereocenters. The molecule has 0 fully saturated rings. The first-order chi connectivity index (χ1) is 8.54. The molecular formula is C12H11FO5. The van der Waals surface area contributed by atoms with E-state index in [1.54, 1.807) is 6.92 Å². The van der Waals surface area contributed by atoms with Crippen molar-refractivity contribution >= 4 is 11.9 Å². The molecule has 0 aliphatic carbocycles. The molecule has 1 aliphatic rings. The van der Waals surface area contributed by atoms with Crippen LogP contribution in [-0.2, 0) is 14.3 Å². The molecule has 0 aromatic heterocycles. The molecule has 0 bridgehead atoms. The van der Waals surface area contributed by atoms with Gasteiger partial charge in [0.1, 0.15) is 5.82 Å². The van der Waals surface area contributed by atoms with Crippen molar-refractivity contribution in [3.63, 3.8) is 0 Å². The summed E-state index contributed by atoms with van der Waals surface area (Å²) in [6, 6.07) is 3.43. The molecule has 1 aromatic rings. The van der Waals surface area contributed by atoms with Crippen LogP contribution in [0.4, 0.5) is 4.39 Å². The minimum Gasteiger partial charge on any atom is -0.464 e. The number of carbonyl (C=O) groups excluding carboxylic acids is 2. The van der Waals surface area contributed by atoms with E-state index in [0.29, 0.717) is 0 Å². The Hall–Kier alpha value is -1.95. The van der Waals surface area contributed by atoms with Crippen molar-refractivity contribution in [3.05, 3.63) is 35.1 Å². The molecule has 0 spiro atoms. The van der Waals surface area contributed by atoms with Crippen molar-refractivity contribution < 1.29 is 28.6 Å². The number of fused-ring (bicyclic) bond motifs is 1. The number of hydrogen-bond donors (Lipinski definition) is 1. The van der Waals surface area contributed by atoms with Gasteiger partial charge in [-0.3, -0.25) is 0 Å². The van der Waals surface area contributed by atoms with Gasteiger partial charge in [-0.15, -0.1) is 0 Å². The van der Waals surface area contributed by atoms with Gasteiger partial charge in [0.15, 0.2) is 12.2 Å². The third-order valence-electron chi connectivity index (χ3n) is 2.59. The third kappa shape index (κ3) is 2.06. The molecule has 1 aliphatic heterocycles. The fraction of sp³-hybridized carbons (Fsp3) is 0.333. The van der Waals surface area contributed by atoms with Gasteiger partial charge in [-0.1, -0.05) is 0 Å². The van der Waals surface area contributed by atoms with Gasteiger partial charge in [0, 0.05) is 5.56 Å². The Bertz CT molecular complexity index is 499. The number of cyclic esters (lactones) is 1. The van der Waals surface area contributed by atoms with Crippen LogP contribution < -0.4 is 0 Å². The fourth-order valence-corrected chi connectivity index (χ4v) is 1.78. The molecule has 96 valence electrons. The highest BCUT2D eigenvalue weighted by Crippen LogP contribution is 2.33. The van der Waals surface area contributed by atoms with Crippen LogP contribution in [0.3, 0.4) is 0 Å². The molecule has 0 saturated carbocycles. The molecule has 18 heavy (non-hydrogen) atoms. The Kier molecular flexibility index (Phi) is 3.29. The first-order valence-corrected chi connectivity index (χ1v) is 5.39. The lowest BCUT2D eigenvalue weighted by Gasteiger charge is -2.16. The predicted molar refractivity (Wildman–Crippen MR) is 57.2 cm³/mol. The van der Waals surface area contributed by atoms with E-state index < -0.39 is 30.0 Å². The summed E-state index contributed by atoms with van der Waals surface area (Å²) in [5.74, 6) is -2.18. The monoisotopic (exact) mass is 254 g/mol. The summed E-state index contributed by atoms with van der Waals surface area (Å²) < 4.78 is 22.6. The number of aliphatic hydroxyl groups is 1. The maximum Gasteiger partial charge on any atom is 0.339 e. The highest BCUT2D eigenvalue weighted by atomic mass is 19.1. The average Bonchev–Trinajstić information content (AvgIpc) is 2.65. The first-order valence-electron chi connectivity index (χ1n) is 5.39. The topological polar surface area (TPSA) is 72.8 Å². The predicted octanol–water partition coefficient (Wildman–Crippen LogP) is 0.961. The Labute approximate surface area is 102 Å². The number of benzene rings is 1. The average molecular weight is 254 g/mol. The second-order valence-corrected chi connectivity index (χ2v) is 3.75. The van der Waals surface area contributed by atoms with Crippen molar-refractivity contribution in [1.82, 2.24) is 0 Å². The number of esters is 2. The summed E-state index contributed by atoms with van der Waals surface area (Å²) in [4.78, 5) is 22.8. The molecule has 0 amide bonds. The van der Waals surface area contributed by atoms with E-state index in [1.165, 1.54) is 6.07 Å². The number of aliphatic hydroxyl groups excluding tert-OH is 1. The zero-order valence-corrected chi connectivity index (χ0v) is 9.55. The largest absolute Gasteiger partial charge is 0.464 e. The molecule has 2 unspecified atom stereocenters. The molecule has 0 saturated heterocycles. The van der Waals surface area contributed by atoms with Gasteiger partial charge in [-0.05, 0) is 25.1 Å². The van der Waals surface area contributed by atoms with E-state index in [-0.39, 0.29) is 17.7 Å². The van der Waals surface area contributed by atoms with Crippen molar-refractivity contribution in [2.75, 3.05) is 6.61 Å². The summed E-state index contributed by atoms with van der Waals surface area (Å²) in [7, 11) is 0. The minimum atomic E-state index is -1.66. The molecular weight excluding hydrogens is 243 g/mol. The van der Waals surface area contributed by atoms with Crippen LogP contribution in [0.5, 0.6) is 0 Å². The number of carbonyl (C=O) groups is 2. The zero-order valence-electron chi connectivity index (χ0n) is 9.55. The number of rotatable bonds is 3. The summed E-state index contributed by atoms with van der Waals surface area (Å²) in [6.45, 7) is 1.67. The molecule has 5 nitrogen and oxygen atoms in total. The Morgan fingerprint density at radius 1 is 1.61 bits per heavy atom. The van der Waals surface area contributed by atoms with E-state index in [2.05, 4.69) is 4.74 Å². The summed E-state index contributed by atoms with van der Waals surface area (Å²) >= 11 is 0. The Morgan fingerprint density at radius 2 is 2.33 bits per heavy atom. The highest BCUT2D eigenvalue weighted by Gasteiger charge is 2.40. The van der Waals surface area contributed by atoms with Crippen LogP contribution in [0.2, 0.25) is 0 Å². The van der Waals surface area contributed by atoms with E-state index in [9.17, 15) is 19.1 Å². The Balaban J connectivity index is 2.31. The molecule has 1 heterocycles. The molecule has 1 N–H and O–H groups in total. The maximum absolute atomic E-state index is 13.1.